The molecule has 0 radical (unpaired) electrons. The Hall–Kier alpha value is -4.76. The van der Waals surface area contributed by atoms with Gasteiger partial charge in [0.25, 0.3) is 11.1 Å². The molecule has 4 rings (SSSR count). The van der Waals surface area contributed by atoms with Gasteiger partial charge in [0.2, 0.25) is 0 Å². The molecule has 0 aliphatic heterocycles. The summed E-state index contributed by atoms with van der Waals surface area (Å²) in [6.07, 6.45) is 2.80. The fraction of sp³-hybridized carbons (Fsp3) is 0.333. The fourth-order valence-corrected chi connectivity index (χ4v) is 3.34. The molecule has 2 N–H and O–H groups in total. The van der Waals surface area contributed by atoms with Gasteiger partial charge in [-0.25, -0.2) is 28.7 Å². The summed E-state index contributed by atoms with van der Waals surface area (Å²) in [6, 6.07) is 0. The molecule has 4 heterocycles. The van der Waals surface area contributed by atoms with Gasteiger partial charge in [0, 0.05) is 28.2 Å². The SMILES string of the molecule is Cn1cnc2c1c(=O)n(CC(=O)O)c(=O)n2C.Cn1cnc2c1c(=O)n(CC(=O)O)c(=O)n2C. The average Bonchev–Trinajstić information content (AvgIpc) is 3.34. The average molecular weight is 476 g/mol. The highest BCUT2D eigenvalue weighted by molar-refractivity contribution is 5.72. The Morgan fingerprint density at radius 3 is 1.32 bits per heavy atom. The third kappa shape index (κ3) is 3.91. The normalized spacial score (nSPS) is 10.9. The van der Waals surface area contributed by atoms with Crippen molar-refractivity contribution in [3.8, 4) is 0 Å². The number of imidazole rings is 2. The zero-order valence-corrected chi connectivity index (χ0v) is 18.5. The summed E-state index contributed by atoms with van der Waals surface area (Å²) in [5.41, 5.74) is -1.79. The number of aryl methyl sites for hydroxylation is 4. The topological polar surface area (TPSA) is 198 Å². The van der Waals surface area contributed by atoms with Crippen LogP contribution >= 0.6 is 0 Å². The highest BCUT2D eigenvalue weighted by Gasteiger charge is 2.17. The maximum Gasteiger partial charge on any atom is 0.333 e. The number of aromatic nitrogens is 8. The highest BCUT2D eigenvalue weighted by Crippen LogP contribution is 2.03. The van der Waals surface area contributed by atoms with Gasteiger partial charge in [0.05, 0.1) is 12.7 Å². The quantitative estimate of drug-likeness (QED) is 0.307. The molecular weight excluding hydrogens is 456 g/mol. The molecule has 0 aromatic carbocycles. The van der Waals surface area contributed by atoms with Gasteiger partial charge in [-0.1, -0.05) is 0 Å². The van der Waals surface area contributed by atoms with E-state index in [9.17, 15) is 28.8 Å². The first-order chi connectivity index (χ1) is 15.9. The van der Waals surface area contributed by atoms with Crippen molar-refractivity contribution in [2.24, 2.45) is 28.2 Å². The minimum absolute atomic E-state index is 0.202. The summed E-state index contributed by atoms with van der Waals surface area (Å²) in [5, 5.41) is 17.3. The van der Waals surface area contributed by atoms with Gasteiger partial charge >= 0.3 is 23.3 Å². The smallest absolute Gasteiger partial charge is 0.333 e. The molecule has 0 saturated heterocycles. The summed E-state index contributed by atoms with van der Waals surface area (Å²) in [5.74, 6) is -2.49. The minimum Gasteiger partial charge on any atom is -0.480 e. The van der Waals surface area contributed by atoms with Crippen molar-refractivity contribution in [3.05, 3.63) is 54.3 Å². The predicted molar refractivity (Wildman–Crippen MR) is 116 cm³/mol. The van der Waals surface area contributed by atoms with E-state index < -0.39 is 47.5 Å². The number of carbonyl (C=O) groups is 2. The van der Waals surface area contributed by atoms with Crippen LogP contribution in [0, 0.1) is 0 Å². The molecule has 0 aliphatic rings. The third-order valence-corrected chi connectivity index (χ3v) is 4.99. The van der Waals surface area contributed by atoms with Gasteiger partial charge in [-0.2, -0.15) is 0 Å². The highest BCUT2D eigenvalue weighted by atomic mass is 16.4. The maximum absolute atomic E-state index is 11.9. The molecule has 0 aliphatic carbocycles. The van der Waals surface area contributed by atoms with E-state index in [1.165, 1.54) is 35.9 Å². The zero-order chi connectivity index (χ0) is 25.5. The molecule has 0 bridgehead atoms. The Kier molecular flexibility index (Phi) is 6.07. The second kappa shape index (κ2) is 8.64. The van der Waals surface area contributed by atoms with Crippen LogP contribution in [0.15, 0.2) is 31.8 Å². The van der Waals surface area contributed by atoms with Crippen LogP contribution in [0.4, 0.5) is 0 Å². The van der Waals surface area contributed by atoms with E-state index in [0.29, 0.717) is 9.13 Å². The van der Waals surface area contributed by atoms with E-state index in [1.807, 2.05) is 0 Å². The van der Waals surface area contributed by atoms with Crippen LogP contribution in [-0.4, -0.2) is 59.5 Å². The lowest BCUT2D eigenvalue weighted by Gasteiger charge is -2.05. The largest absolute Gasteiger partial charge is 0.480 e. The number of fused-ring (bicyclic) bond motifs is 2. The van der Waals surface area contributed by atoms with Crippen LogP contribution in [0.1, 0.15) is 0 Å². The molecule has 4 aromatic rings. The summed E-state index contributed by atoms with van der Waals surface area (Å²) in [6.45, 7) is -1.32. The van der Waals surface area contributed by atoms with Crippen LogP contribution < -0.4 is 22.5 Å². The standard InChI is InChI=1S/2C9H10N4O4/c2*1-11-4-10-7-6(11)8(16)13(3-5(14)15)9(17)12(7)2/h2*4H,3H2,1-2H3,(H,14,15). The van der Waals surface area contributed by atoms with Gasteiger partial charge in [0.15, 0.2) is 22.3 Å². The van der Waals surface area contributed by atoms with Gasteiger partial charge in [-0.05, 0) is 0 Å². The van der Waals surface area contributed by atoms with Gasteiger partial charge in [-0.3, -0.25) is 28.3 Å². The number of hydrogen-bond donors (Lipinski definition) is 2. The molecule has 4 aromatic heterocycles. The summed E-state index contributed by atoms with van der Waals surface area (Å²) < 4.78 is 6.56. The molecule has 16 heteroatoms. The molecular formula is C18H20N8O8. The van der Waals surface area contributed by atoms with Crippen LogP contribution in [-0.2, 0) is 50.9 Å². The Balaban J connectivity index is 0.000000191. The van der Waals surface area contributed by atoms with E-state index in [1.54, 1.807) is 14.1 Å². The lowest BCUT2D eigenvalue weighted by molar-refractivity contribution is -0.138. The number of carboxylic acid groups (broad SMARTS) is 2. The van der Waals surface area contributed by atoms with Gasteiger partial charge < -0.3 is 19.3 Å². The Bertz CT molecular complexity index is 1570. The van der Waals surface area contributed by atoms with Crippen molar-refractivity contribution in [1.82, 2.24) is 37.4 Å². The molecule has 16 nitrogen and oxygen atoms in total. The maximum atomic E-state index is 11.9. The van der Waals surface area contributed by atoms with Gasteiger partial charge in [0.1, 0.15) is 13.1 Å². The molecule has 180 valence electrons. The second-order valence-corrected chi connectivity index (χ2v) is 7.31. The summed E-state index contributed by atoms with van der Waals surface area (Å²) >= 11 is 0. The summed E-state index contributed by atoms with van der Waals surface area (Å²) in [7, 11) is 6.09. The van der Waals surface area contributed by atoms with Crippen molar-refractivity contribution in [3.63, 3.8) is 0 Å². The van der Waals surface area contributed by atoms with E-state index in [2.05, 4.69) is 9.97 Å². The fourth-order valence-electron chi connectivity index (χ4n) is 3.34. The number of rotatable bonds is 4. The summed E-state index contributed by atoms with van der Waals surface area (Å²) in [4.78, 5) is 76.5. The molecule has 34 heavy (non-hydrogen) atoms. The van der Waals surface area contributed by atoms with Crippen molar-refractivity contribution < 1.29 is 19.8 Å². The van der Waals surface area contributed by atoms with Crippen LogP contribution in [0.25, 0.3) is 22.3 Å². The van der Waals surface area contributed by atoms with Crippen LogP contribution in [0.5, 0.6) is 0 Å². The van der Waals surface area contributed by atoms with Crippen molar-refractivity contribution >= 4 is 34.3 Å². The first kappa shape index (κ1) is 23.9. The Morgan fingerprint density at radius 1 is 0.706 bits per heavy atom. The van der Waals surface area contributed by atoms with E-state index in [4.69, 9.17) is 10.2 Å². The number of nitrogens with zero attached hydrogens (tertiary/aromatic N) is 8. The van der Waals surface area contributed by atoms with E-state index in [-0.39, 0.29) is 22.3 Å². The third-order valence-electron chi connectivity index (χ3n) is 4.99. The van der Waals surface area contributed by atoms with Crippen LogP contribution in [0.2, 0.25) is 0 Å². The van der Waals surface area contributed by atoms with E-state index in [0.717, 1.165) is 9.13 Å². The first-order valence-electron chi connectivity index (χ1n) is 9.52. The van der Waals surface area contributed by atoms with E-state index >= 15 is 0 Å². The molecule has 0 atom stereocenters. The lowest BCUT2D eigenvalue weighted by atomic mass is 10.5. The van der Waals surface area contributed by atoms with Crippen molar-refractivity contribution in [2.75, 3.05) is 0 Å². The molecule has 0 spiro atoms. The van der Waals surface area contributed by atoms with Gasteiger partial charge in [-0.15, -0.1) is 0 Å². The number of carboxylic acids is 2. The predicted octanol–water partition coefficient (Wildman–Crippen LogP) is -2.96. The first-order valence-corrected chi connectivity index (χ1v) is 9.52. The number of aliphatic carboxylic acids is 2. The molecule has 0 saturated carbocycles. The molecule has 0 amide bonds. The lowest BCUT2D eigenvalue weighted by Crippen LogP contribution is -2.41. The Labute approximate surface area is 187 Å². The zero-order valence-electron chi connectivity index (χ0n) is 18.5. The second-order valence-electron chi connectivity index (χ2n) is 7.31. The minimum atomic E-state index is -1.24. The van der Waals surface area contributed by atoms with Crippen LogP contribution in [0.3, 0.4) is 0 Å². The number of hydrogen-bond acceptors (Lipinski definition) is 8. The molecule has 0 unspecified atom stereocenters. The Morgan fingerprint density at radius 2 is 1.03 bits per heavy atom. The molecule has 0 fully saturated rings. The van der Waals surface area contributed by atoms with Crippen molar-refractivity contribution in [1.29, 1.82) is 0 Å². The monoisotopic (exact) mass is 476 g/mol. The van der Waals surface area contributed by atoms with Crippen molar-refractivity contribution in [2.45, 2.75) is 13.1 Å².